The van der Waals surface area contributed by atoms with Crippen molar-refractivity contribution in [1.29, 1.82) is 0 Å². The highest BCUT2D eigenvalue weighted by molar-refractivity contribution is 9.10. The molecule has 5 nitrogen and oxygen atoms in total. The monoisotopic (exact) mass is 433 g/mol. The maximum absolute atomic E-state index is 11.6. The van der Waals surface area contributed by atoms with Gasteiger partial charge in [-0.3, -0.25) is 9.89 Å². The number of aromatic nitrogens is 2. The number of halogens is 1. The van der Waals surface area contributed by atoms with Crippen LogP contribution in [-0.4, -0.2) is 16.1 Å². The van der Waals surface area contributed by atoms with Crippen molar-refractivity contribution in [3.05, 3.63) is 88.2 Å². The minimum atomic E-state index is -0.411. The van der Waals surface area contributed by atoms with Crippen molar-refractivity contribution in [3.8, 4) is 11.1 Å². The zero-order chi connectivity index (χ0) is 19.7. The highest BCUT2D eigenvalue weighted by Gasteiger charge is 2.10. The van der Waals surface area contributed by atoms with Crippen molar-refractivity contribution < 1.29 is 4.79 Å². The van der Waals surface area contributed by atoms with E-state index in [1.54, 1.807) is 6.07 Å². The quantitative estimate of drug-likeness (QED) is 0.432. The number of primary amides is 1. The van der Waals surface area contributed by atoms with E-state index in [0.29, 0.717) is 17.8 Å². The van der Waals surface area contributed by atoms with E-state index in [1.165, 1.54) is 0 Å². The highest BCUT2D eigenvalue weighted by atomic mass is 79.9. The third-order valence-corrected chi connectivity index (χ3v) is 5.14. The topological polar surface area (TPSA) is 97.8 Å². The lowest BCUT2D eigenvalue weighted by molar-refractivity contribution is 0.0999. The van der Waals surface area contributed by atoms with E-state index >= 15 is 0 Å². The number of nitrogens with two attached hydrogens (primary N) is 2. The first kappa shape index (κ1) is 18.3. The number of anilines is 1. The van der Waals surface area contributed by atoms with Gasteiger partial charge >= 0.3 is 0 Å². The van der Waals surface area contributed by atoms with Crippen LogP contribution < -0.4 is 11.5 Å². The average Bonchev–Trinajstić information content (AvgIpc) is 3.06. The summed E-state index contributed by atoms with van der Waals surface area (Å²) in [5.41, 5.74) is 16.9. The second-order valence-corrected chi connectivity index (χ2v) is 7.49. The summed E-state index contributed by atoms with van der Waals surface area (Å²) in [7, 11) is 0. The number of fused-ring (bicyclic) bond motifs is 1. The van der Waals surface area contributed by atoms with Crippen molar-refractivity contribution >= 4 is 38.6 Å². The van der Waals surface area contributed by atoms with E-state index < -0.39 is 5.91 Å². The highest BCUT2D eigenvalue weighted by Crippen LogP contribution is 2.29. The molecule has 0 unspecified atom stereocenters. The molecule has 4 aromatic rings. The minimum absolute atomic E-state index is 0.411. The Kier molecular flexibility index (Phi) is 4.88. The molecule has 0 saturated carbocycles. The van der Waals surface area contributed by atoms with Crippen molar-refractivity contribution in [2.45, 2.75) is 6.42 Å². The van der Waals surface area contributed by atoms with Crippen LogP contribution in [0.1, 0.15) is 21.5 Å². The predicted molar refractivity (Wildman–Crippen MR) is 116 cm³/mol. The molecule has 0 spiro atoms. The fourth-order valence-electron chi connectivity index (χ4n) is 3.28. The van der Waals surface area contributed by atoms with E-state index in [-0.39, 0.29) is 0 Å². The summed E-state index contributed by atoms with van der Waals surface area (Å²) in [6, 6.07) is 19.7. The lowest BCUT2D eigenvalue weighted by atomic mass is 9.96. The smallest absolute Gasteiger partial charge is 0.248 e. The number of hydrogen-bond donors (Lipinski definition) is 3. The minimum Gasteiger partial charge on any atom is -0.382 e. The van der Waals surface area contributed by atoms with Gasteiger partial charge < -0.3 is 11.5 Å². The third-order valence-electron chi connectivity index (χ3n) is 4.69. The van der Waals surface area contributed by atoms with Gasteiger partial charge in [0.1, 0.15) is 0 Å². The van der Waals surface area contributed by atoms with Crippen LogP contribution in [-0.2, 0) is 6.42 Å². The SMILES string of the molecule is NC(=O)c1ccccc1C[CH]c1cc(Br)cc(-c2ccc3c(N)n[nH]c3c2)c1. The summed E-state index contributed by atoms with van der Waals surface area (Å²) in [4.78, 5) is 11.6. The van der Waals surface area contributed by atoms with Gasteiger partial charge in [0.05, 0.1) is 5.52 Å². The summed E-state index contributed by atoms with van der Waals surface area (Å²) in [5.74, 6) is 0.0870. The van der Waals surface area contributed by atoms with Crippen LogP contribution in [0.5, 0.6) is 0 Å². The van der Waals surface area contributed by atoms with Gasteiger partial charge in [-0.1, -0.05) is 46.3 Å². The van der Waals surface area contributed by atoms with E-state index in [2.05, 4.69) is 44.7 Å². The Morgan fingerprint density at radius 3 is 2.71 bits per heavy atom. The van der Waals surface area contributed by atoms with E-state index in [0.717, 1.165) is 37.6 Å². The van der Waals surface area contributed by atoms with Crippen LogP contribution in [0.3, 0.4) is 0 Å². The van der Waals surface area contributed by atoms with Crippen molar-refractivity contribution in [1.82, 2.24) is 10.2 Å². The Balaban J connectivity index is 1.63. The lowest BCUT2D eigenvalue weighted by Crippen LogP contribution is -2.13. The fraction of sp³-hybridized carbons (Fsp3) is 0.0455. The fourth-order valence-corrected chi connectivity index (χ4v) is 3.79. The molecule has 5 N–H and O–H groups in total. The van der Waals surface area contributed by atoms with Gasteiger partial charge in [0, 0.05) is 15.4 Å². The molecule has 0 bridgehead atoms. The number of hydrogen-bond acceptors (Lipinski definition) is 3. The Morgan fingerprint density at radius 2 is 1.89 bits per heavy atom. The Hall–Kier alpha value is -3.12. The number of H-pyrrole nitrogens is 1. The molecule has 1 heterocycles. The Labute approximate surface area is 170 Å². The van der Waals surface area contributed by atoms with Crippen molar-refractivity contribution in [3.63, 3.8) is 0 Å². The molecule has 1 aromatic heterocycles. The predicted octanol–water partition coefficient (Wildman–Crippen LogP) is 4.47. The normalized spacial score (nSPS) is 11.0. The summed E-state index contributed by atoms with van der Waals surface area (Å²) in [6.07, 6.45) is 2.70. The molecule has 0 fully saturated rings. The van der Waals surface area contributed by atoms with Gasteiger partial charge in [-0.05, 0) is 65.4 Å². The molecule has 0 atom stereocenters. The number of amides is 1. The first-order valence-electron chi connectivity index (χ1n) is 8.77. The summed E-state index contributed by atoms with van der Waals surface area (Å²) < 4.78 is 0.976. The van der Waals surface area contributed by atoms with Gasteiger partial charge in [0.2, 0.25) is 5.91 Å². The van der Waals surface area contributed by atoms with Crippen molar-refractivity contribution in [2.24, 2.45) is 5.73 Å². The molecule has 0 aliphatic carbocycles. The molecule has 1 amide bonds. The van der Waals surface area contributed by atoms with E-state index in [9.17, 15) is 4.79 Å². The molecule has 1 radical (unpaired) electrons. The number of benzene rings is 3. The molecule has 4 rings (SSSR count). The van der Waals surface area contributed by atoms with Gasteiger partial charge in [0.15, 0.2) is 5.82 Å². The van der Waals surface area contributed by atoms with Crippen LogP contribution in [0.2, 0.25) is 0 Å². The van der Waals surface area contributed by atoms with Crippen molar-refractivity contribution in [2.75, 3.05) is 5.73 Å². The van der Waals surface area contributed by atoms with E-state index in [1.807, 2.05) is 42.5 Å². The van der Waals surface area contributed by atoms with Crippen LogP contribution in [0, 0.1) is 6.42 Å². The average molecular weight is 434 g/mol. The van der Waals surface area contributed by atoms with Crippen LogP contribution in [0.15, 0.2) is 65.1 Å². The molecular formula is C22H18BrN4O. The molecule has 0 aliphatic heterocycles. The van der Waals surface area contributed by atoms with E-state index in [4.69, 9.17) is 11.5 Å². The van der Waals surface area contributed by atoms with Crippen LogP contribution in [0.25, 0.3) is 22.0 Å². The second kappa shape index (κ2) is 7.48. The number of nitrogens with one attached hydrogen (secondary N) is 1. The first-order chi connectivity index (χ1) is 13.5. The van der Waals surface area contributed by atoms with Gasteiger partial charge in [0.25, 0.3) is 0 Å². The number of carbonyl (C=O) groups is 1. The number of rotatable bonds is 5. The summed E-state index contributed by atoms with van der Waals surface area (Å²) in [5, 5.41) is 7.91. The van der Waals surface area contributed by atoms with Crippen LogP contribution >= 0.6 is 15.9 Å². The first-order valence-corrected chi connectivity index (χ1v) is 9.56. The standard InChI is InChI=1S/C22H18BrN4O/c23-17-10-13(5-6-14-3-1-2-4-18(14)22(25)28)9-16(11-17)15-7-8-19-20(12-15)26-27-21(19)24/h1-5,7-12H,6H2,(H2,25,28)(H3,24,26,27). The Morgan fingerprint density at radius 1 is 1.07 bits per heavy atom. The van der Waals surface area contributed by atoms with Crippen LogP contribution in [0.4, 0.5) is 5.82 Å². The molecule has 3 aromatic carbocycles. The number of nitrogen functional groups attached to an aromatic ring is 1. The Bertz CT molecular complexity index is 1180. The zero-order valence-corrected chi connectivity index (χ0v) is 16.5. The number of aromatic amines is 1. The molecular weight excluding hydrogens is 416 g/mol. The third kappa shape index (κ3) is 3.64. The van der Waals surface area contributed by atoms with Gasteiger partial charge in [-0.25, -0.2) is 0 Å². The maximum Gasteiger partial charge on any atom is 0.248 e. The molecule has 139 valence electrons. The second-order valence-electron chi connectivity index (χ2n) is 6.57. The number of carbonyl (C=O) groups excluding carboxylic acids is 1. The van der Waals surface area contributed by atoms with Gasteiger partial charge in [-0.2, -0.15) is 5.10 Å². The summed E-state index contributed by atoms with van der Waals surface area (Å²) in [6.45, 7) is 0. The maximum atomic E-state index is 11.6. The largest absolute Gasteiger partial charge is 0.382 e. The molecule has 0 aliphatic rings. The molecule has 6 heteroatoms. The number of nitrogens with zero attached hydrogens (tertiary/aromatic N) is 1. The van der Waals surface area contributed by atoms with Gasteiger partial charge in [-0.15, -0.1) is 0 Å². The molecule has 0 saturated heterocycles. The zero-order valence-electron chi connectivity index (χ0n) is 14.9. The molecule has 28 heavy (non-hydrogen) atoms. The lowest BCUT2D eigenvalue weighted by Gasteiger charge is -2.09. The summed E-state index contributed by atoms with van der Waals surface area (Å²) >= 11 is 3.59.